The molecule has 1 N–H and O–H groups in total. The van der Waals surface area contributed by atoms with Crippen molar-refractivity contribution in [2.75, 3.05) is 26.7 Å². The third-order valence-corrected chi connectivity index (χ3v) is 5.89. The van der Waals surface area contributed by atoms with Crippen molar-refractivity contribution in [2.24, 2.45) is 0 Å². The maximum Gasteiger partial charge on any atom is 0.227 e. The van der Waals surface area contributed by atoms with Crippen molar-refractivity contribution in [3.8, 4) is 0 Å². The fraction of sp³-hybridized carbons (Fsp3) is 0.696. The van der Waals surface area contributed by atoms with Crippen LogP contribution in [0.5, 0.6) is 0 Å². The van der Waals surface area contributed by atoms with E-state index < -0.39 is 0 Å². The molecule has 1 aromatic carbocycles. The van der Waals surface area contributed by atoms with Gasteiger partial charge in [-0.1, -0.05) is 56.5 Å². The maximum absolute atomic E-state index is 13.0. The Bertz CT molecular complexity index is 528. The molecule has 1 saturated heterocycles. The number of rotatable bonds is 12. The third-order valence-electron chi connectivity index (χ3n) is 5.89. The highest BCUT2D eigenvalue weighted by atomic mass is 16.2. The molecule has 1 aromatic rings. The number of carbonyl (C=O) groups is 1. The monoisotopic (exact) mass is 374 g/mol. The first-order valence-corrected chi connectivity index (χ1v) is 10.8. The predicted octanol–water partition coefficient (Wildman–Crippen LogP) is 3.87. The molecule has 1 unspecified atom stereocenters. The number of hydrogen-bond acceptors (Lipinski definition) is 3. The molecule has 0 radical (unpaired) electrons. The smallest absolute Gasteiger partial charge is 0.227 e. The first kappa shape index (κ1) is 21.9. The number of hydrogen-bond donors (Lipinski definition) is 1. The zero-order valence-corrected chi connectivity index (χ0v) is 17.3. The van der Waals surface area contributed by atoms with Crippen LogP contribution in [0, 0.1) is 0 Å². The van der Waals surface area contributed by atoms with E-state index >= 15 is 0 Å². The third kappa shape index (κ3) is 6.93. The van der Waals surface area contributed by atoms with Crippen LogP contribution >= 0.6 is 0 Å². The first-order valence-electron chi connectivity index (χ1n) is 10.8. The lowest BCUT2D eigenvalue weighted by Gasteiger charge is -2.40. The Morgan fingerprint density at radius 3 is 2.44 bits per heavy atom. The Morgan fingerprint density at radius 2 is 1.81 bits per heavy atom. The summed E-state index contributed by atoms with van der Waals surface area (Å²) in [7, 11) is 2.00. The molecule has 4 nitrogen and oxygen atoms in total. The second kappa shape index (κ2) is 12.1. The van der Waals surface area contributed by atoms with Crippen molar-refractivity contribution in [1.82, 2.24) is 9.80 Å². The Hall–Kier alpha value is -1.39. The average molecular weight is 375 g/mol. The van der Waals surface area contributed by atoms with Crippen LogP contribution in [-0.2, 0) is 11.2 Å². The van der Waals surface area contributed by atoms with Gasteiger partial charge in [0.2, 0.25) is 5.91 Å². The molecular weight excluding hydrogens is 336 g/mol. The predicted molar refractivity (Wildman–Crippen MR) is 112 cm³/mol. The number of carbonyl (C=O) groups excluding carboxylic acids is 1. The quantitative estimate of drug-likeness (QED) is 0.565. The van der Waals surface area contributed by atoms with Crippen molar-refractivity contribution in [3.05, 3.63) is 35.9 Å². The fourth-order valence-corrected chi connectivity index (χ4v) is 4.35. The van der Waals surface area contributed by atoms with Gasteiger partial charge in [0, 0.05) is 25.7 Å². The summed E-state index contributed by atoms with van der Waals surface area (Å²) < 4.78 is 0. The summed E-state index contributed by atoms with van der Waals surface area (Å²) in [4.78, 5) is 17.6. The van der Waals surface area contributed by atoms with Crippen LogP contribution in [0.3, 0.4) is 0 Å². The van der Waals surface area contributed by atoms with Crippen molar-refractivity contribution in [3.63, 3.8) is 0 Å². The van der Waals surface area contributed by atoms with Crippen LogP contribution in [-0.4, -0.2) is 59.6 Å². The molecule has 1 fully saturated rings. The largest absolute Gasteiger partial charge is 0.396 e. The molecule has 1 aliphatic heterocycles. The van der Waals surface area contributed by atoms with Gasteiger partial charge in [0.1, 0.15) is 0 Å². The SMILES string of the molecule is CCCC([C@H](CCCCCO)N1CCCC1)N(C)C(=O)Cc1ccccc1. The van der Waals surface area contributed by atoms with E-state index in [2.05, 4.69) is 11.8 Å². The fourth-order valence-electron chi connectivity index (χ4n) is 4.35. The molecular formula is C23H38N2O2. The van der Waals surface area contributed by atoms with Gasteiger partial charge in [-0.05, 0) is 50.8 Å². The molecule has 0 spiro atoms. The lowest BCUT2D eigenvalue weighted by Crippen LogP contribution is -2.52. The zero-order chi connectivity index (χ0) is 19.5. The van der Waals surface area contributed by atoms with Gasteiger partial charge in [-0.25, -0.2) is 0 Å². The van der Waals surface area contributed by atoms with E-state index in [0.717, 1.165) is 57.2 Å². The standard InChI is InChI=1S/C23H38N2O2/c1-3-12-21(24(2)23(27)19-20-13-6-4-7-14-20)22(15-8-5-11-18-26)25-16-9-10-17-25/h4,6-7,13-14,21-22,26H,3,5,8-12,15-19H2,1-2H3/t21?,22-/m0/s1. The minimum atomic E-state index is 0.221. The van der Waals surface area contributed by atoms with Gasteiger partial charge in [0.15, 0.2) is 0 Å². The van der Waals surface area contributed by atoms with Gasteiger partial charge in [0.05, 0.1) is 6.42 Å². The van der Waals surface area contributed by atoms with Crippen molar-refractivity contribution >= 4 is 5.91 Å². The van der Waals surface area contributed by atoms with Crippen molar-refractivity contribution < 1.29 is 9.90 Å². The molecule has 0 saturated carbocycles. The number of amides is 1. The molecule has 0 aliphatic carbocycles. The normalized spacial score (nSPS) is 17.0. The highest BCUT2D eigenvalue weighted by Gasteiger charge is 2.32. The number of benzene rings is 1. The number of nitrogens with zero attached hydrogens (tertiary/aromatic N) is 2. The molecule has 1 amide bonds. The van der Waals surface area contributed by atoms with Crippen LogP contribution in [0.15, 0.2) is 30.3 Å². The molecule has 27 heavy (non-hydrogen) atoms. The number of unbranched alkanes of at least 4 members (excludes halogenated alkanes) is 2. The van der Waals surface area contributed by atoms with Gasteiger partial charge >= 0.3 is 0 Å². The Labute approximate surface area is 165 Å². The van der Waals surface area contributed by atoms with Gasteiger partial charge in [-0.15, -0.1) is 0 Å². The minimum absolute atomic E-state index is 0.221. The Balaban J connectivity index is 2.06. The van der Waals surface area contributed by atoms with E-state index in [-0.39, 0.29) is 18.6 Å². The van der Waals surface area contributed by atoms with Crippen LogP contribution in [0.25, 0.3) is 0 Å². The van der Waals surface area contributed by atoms with E-state index in [1.165, 1.54) is 12.8 Å². The van der Waals surface area contributed by atoms with E-state index in [1.807, 2.05) is 42.3 Å². The number of likely N-dealkylation sites (tertiary alicyclic amines) is 1. The lowest BCUT2D eigenvalue weighted by molar-refractivity contribution is -0.132. The number of aliphatic hydroxyl groups excluding tert-OH is 1. The van der Waals surface area contributed by atoms with Crippen molar-refractivity contribution in [1.29, 1.82) is 0 Å². The van der Waals surface area contributed by atoms with E-state index in [1.54, 1.807) is 0 Å². The van der Waals surface area contributed by atoms with E-state index in [4.69, 9.17) is 5.11 Å². The van der Waals surface area contributed by atoms with E-state index in [9.17, 15) is 4.79 Å². The van der Waals surface area contributed by atoms with Gasteiger partial charge in [-0.3, -0.25) is 9.69 Å². The van der Waals surface area contributed by atoms with Crippen LogP contribution < -0.4 is 0 Å². The second-order valence-corrected chi connectivity index (χ2v) is 7.91. The molecule has 1 aliphatic rings. The topological polar surface area (TPSA) is 43.8 Å². The van der Waals surface area contributed by atoms with E-state index in [0.29, 0.717) is 12.5 Å². The van der Waals surface area contributed by atoms with Crippen molar-refractivity contribution in [2.45, 2.75) is 76.8 Å². The zero-order valence-electron chi connectivity index (χ0n) is 17.3. The summed E-state index contributed by atoms with van der Waals surface area (Å²) in [6, 6.07) is 10.8. The Kier molecular flexibility index (Phi) is 9.85. The first-order chi connectivity index (χ1) is 13.2. The summed E-state index contributed by atoms with van der Waals surface area (Å²) in [5, 5.41) is 9.07. The molecule has 4 heteroatoms. The molecule has 152 valence electrons. The highest BCUT2D eigenvalue weighted by Crippen LogP contribution is 2.25. The van der Waals surface area contributed by atoms with Crippen LogP contribution in [0.4, 0.5) is 0 Å². The van der Waals surface area contributed by atoms with Gasteiger partial charge < -0.3 is 10.0 Å². The summed E-state index contributed by atoms with van der Waals surface area (Å²) in [6.07, 6.45) is 9.37. The second-order valence-electron chi connectivity index (χ2n) is 7.91. The molecule has 2 rings (SSSR count). The molecule has 0 bridgehead atoms. The summed E-state index contributed by atoms with van der Waals surface area (Å²) in [5.41, 5.74) is 1.09. The van der Waals surface area contributed by atoms with Crippen LogP contribution in [0.1, 0.15) is 63.9 Å². The summed E-state index contributed by atoms with van der Waals surface area (Å²) >= 11 is 0. The van der Waals surface area contributed by atoms with Gasteiger partial charge in [-0.2, -0.15) is 0 Å². The van der Waals surface area contributed by atoms with Gasteiger partial charge in [0.25, 0.3) is 0 Å². The molecule has 2 atom stereocenters. The lowest BCUT2D eigenvalue weighted by atomic mass is 9.94. The number of likely N-dealkylation sites (N-methyl/N-ethyl adjacent to an activating group) is 1. The summed E-state index contributed by atoms with van der Waals surface area (Å²) in [5.74, 6) is 0.221. The number of aliphatic hydroxyl groups is 1. The average Bonchev–Trinajstić information content (AvgIpc) is 3.21. The minimum Gasteiger partial charge on any atom is -0.396 e. The summed E-state index contributed by atoms with van der Waals surface area (Å²) in [6.45, 7) is 4.81. The van der Waals surface area contributed by atoms with Crippen LogP contribution in [0.2, 0.25) is 0 Å². The maximum atomic E-state index is 13.0. The highest BCUT2D eigenvalue weighted by molar-refractivity contribution is 5.78. The molecule has 1 heterocycles. The molecule has 0 aromatic heterocycles. The Morgan fingerprint density at radius 1 is 1.11 bits per heavy atom.